The summed E-state index contributed by atoms with van der Waals surface area (Å²) in [7, 11) is 0. The van der Waals surface area contributed by atoms with Gasteiger partial charge < -0.3 is 10.4 Å². The second-order valence-corrected chi connectivity index (χ2v) is 4.82. The van der Waals surface area contributed by atoms with E-state index in [4.69, 9.17) is 0 Å². The highest BCUT2D eigenvalue weighted by Gasteiger charge is 2.34. The van der Waals surface area contributed by atoms with Crippen LogP contribution in [0.3, 0.4) is 0 Å². The smallest absolute Gasteiger partial charge is 0.253 e. The van der Waals surface area contributed by atoms with Gasteiger partial charge in [0.2, 0.25) is 11.6 Å². The molecule has 0 unspecified atom stereocenters. The van der Waals surface area contributed by atoms with Crippen LogP contribution in [0.2, 0.25) is 0 Å². The molecule has 1 heterocycles. The molecule has 0 aliphatic heterocycles. The summed E-state index contributed by atoms with van der Waals surface area (Å²) >= 11 is 0. The average Bonchev–Trinajstić information content (AvgIpc) is 2.42. The maximum atomic E-state index is 13.5. The van der Waals surface area contributed by atoms with Crippen molar-refractivity contribution in [2.24, 2.45) is 0 Å². The molecule has 106 valence electrons. The topological polar surface area (TPSA) is 45.1 Å². The molecule has 0 aromatic carbocycles. The zero-order valence-corrected chi connectivity index (χ0v) is 10.1. The van der Waals surface area contributed by atoms with Gasteiger partial charge in [0, 0.05) is 0 Å². The molecule has 1 aromatic heterocycles. The van der Waals surface area contributed by atoms with Crippen LogP contribution < -0.4 is 5.32 Å². The molecule has 19 heavy (non-hydrogen) atoms. The third kappa shape index (κ3) is 2.65. The van der Waals surface area contributed by atoms with Crippen LogP contribution in [0, 0.1) is 23.5 Å². The van der Waals surface area contributed by atoms with Crippen LogP contribution in [-0.2, 0) is 0 Å². The number of nitrogens with zero attached hydrogens (tertiary/aromatic N) is 1. The van der Waals surface area contributed by atoms with Crippen LogP contribution in [0.1, 0.15) is 32.1 Å². The summed E-state index contributed by atoms with van der Waals surface area (Å²) in [6, 6.07) is 0. The number of anilines is 1. The average molecular weight is 278 g/mol. The van der Waals surface area contributed by atoms with Crippen molar-refractivity contribution in [3.63, 3.8) is 0 Å². The Balaban J connectivity index is 2.36. The Morgan fingerprint density at radius 3 is 2.00 bits per heavy atom. The van der Waals surface area contributed by atoms with Crippen molar-refractivity contribution in [2.45, 2.75) is 37.6 Å². The molecule has 1 aliphatic rings. The first-order valence-electron chi connectivity index (χ1n) is 6.08. The van der Waals surface area contributed by atoms with Gasteiger partial charge in [-0.2, -0.15) is 22.5 Å². The van der Waals surface area contributed by atoms with Crippen molar-refractivity contribution in [1.82, 2.24) is 4.98 Å². The molecule has 7 heteroatoms. The Bertz CT molecular complexity index is 449. The third-order valence-corrected chi connectivity index (χ3v) is 3.50. The number of aliphatic hydroxyl groups excluding tert-OH is 1. The van der Waals surface area contributed by atoms with E-state index < -0.39 is 34.8 Å². The summed E-state index contributed by atoms with van der Waals surface area (Å²) in [4.78, 5) is 2.49. The van der Waals surface area contributed by atoms with Crippen LogP contribution in [0.25, 0.3) is 0 Å². The van der Waals surface area contributed by atoms with Gasteiger partial charge in [-0.3, -0.25) is 0 Å². The lowest BCUT2D eigenvalue weighted by Gasteiger charge is -2.37. The fraction of sp³-hybridized carbons (Fsp3) is 0.583. The second kappa shape index (κ2) is 5.32. The van der Waals surface area contributed by atoms with Crippen molar-refractivity contribution in [1.29, 1.82) is 0 Å². The predicted octanol–water partition coefficient (Wildman–Crippen LogP) is 2.75. The molecule has 0 saturated heterocycles. The van der Waals surface area contributed by atoms with E-state index in [1.807, 2.05) is 0 Å². The number of nitrogens with one attached hydrogen (secondary N) is 1. The molecule has 0 radical (unpaired) electrons. The van der Waals surface area contributed by atoms with E-state index in [9.17, 15) is 22.7 Å². The number of aromatic nitrogens is 1. The molecule has 2 N–H and O–H groups in total. The summed E-state index contributed by atoms with van der Waals surface area (Å²) < 4.78 is 53.0. The standard InChI is InChI=1S/C12H14F4N2O/c13-7-9(8(14)11(16)17-10(7)15)18-12(6-19)4-2-1-3-5-12/h19H,1-6H2,(H,17,18). The molecule has 2 rings (SSSR count). The van der Waals surface area contributed by atoms with E-state index in [1.165, 1.54) is 0 Å². The summed E-state index contributed by atoms with van der Waals surface area (Å²) in [5, 5.41) is 11.9. The lowest BCUT2D eigenvalue weighted by atomic mass is 9.82. The summed E-state index contributed by atoms with van der Waals surface area (Å²) in [6.45, 7) is -0.364. The van der Waals surface area contributed by atoms with E-state index in [0.29, 0.717) is 12.8 Å². The van der Waals surface area contributed by atoms with Crippen molar-refractivity contribution in [2.75, 3.05) is 11.9 Å². The van der Waals surface area contributed by atoms with Crippen LogP contribution in [0.5, 0.6) is 0 Å². The molecular formula is C12H14F4N2O. The minimum absolute atomic E-state index is 0.364. The monoisotopic (exact) mass is 278 g/mol. The Morgan fingerprint density at radius 2 is 1.53 bits per heavy atom. The minimum atomic E-state index is -1.70. The molecule has 0 spiro atoms. The highest BCUT2D eigenvalue weighted by Crippen LogP contribution is 2.33. The van der Waals surface area contributed by atoms with E-state index in [2.05, 4.69) is 10.3 Å². The van der Waals surface area contributed by atoms with Crippen molar-refractivity contribution >= 4 is 5.69 Å². The lowest BCUT2D eigenvalue weighted by molar-refractivity contribution is 0.171. The molecule has 1 aliphatic carbocycles. The van der Waals surface area contributed by atoms with Crippen LogP contribution >= 0.6 is 0 Å². The summed E-state index contributed by atoms with van der Waals surface area (Å²) in [5.41, 5.74) is -1.85. The van der Waals surface area contributed by atoms with Gasteiger partial charge in [0.25, 0.3) is 11.9 Å². The highest BCUT2D eigenvalue weighted by molar-refractivity contribution is 5.48. The largest absolute Gasteiger partial charge is 0.394 e. The van der Waals surface area contributed by atoms with Gasteiger partial charge in [0.05, 0.1) is 12.1 Å². The Labute approximate surface area is 107 Å². The first-order chi connectivity index (χ1) is 8.99. The Hall–Kier alpha value is -1.37. The predicted molar refractivity (Wildman–Crippen MR) is 60.6 cm³/mol. The first kappa shape index (κ1) is 14.0. The van der Waals surface area contributed by atoms with Crippen LogP contribution in [0.15, 0.2) is 0 Å². The zero-order chi connectivity index (χ0) is 14.0. The number of hydrogen-bond acceptors (Lipinski definition) is 3. The Kier molecular flexibility index (Phi) is 3.93. The fourth-order valence-corrected chi connectivity index (χ4v) is 2.41. The van der Waals surface area contributed by atoms with Crippen molar-refractivity contribution < 1.29 is 22.7 Å². The van der Waals surface area contributed by atoms with Crippen LogP contribution in [0.4, 0.5) is 23.2 Å². The van der Waals surface area contributed by atoms with Gasteiger partial charge in [-0.15, -0.1) is 0 Å². The molecule has 0 bridgehead atoms. The first-order valence-corrected chi connectivity index (χ1v) is 6.08. The van der Waals surface area contributed by atoms with Gasteiger partial charge in [-0.05, 0) is 12.8 Å². The van der Waals surface area contributed by atoms with E-state index in [-0.39, 0.29) is 6.61 Å². The normalized spacial score (nSPS) is 18.4. The lowest BCUT2D eigenvalue weighted by Crippen LogP contribution is -2.44. The van der Waals surface area contributed by atoms with E-state index >= 15 is 0 Å². The molecule has 0 atom stereocenters. The number of hydrogen-bond donors (Lipinski definition) is 2. The second-order valence-electron chi connectivity index (χ2n) is 4.82. The zero-order valence-electron chi connectivity index (χ0n) is 10.1. The van der Waals surface area contributed by atoms with Gasteiger partial charge >= 0.3 is 0 Å². The number of rotatable bonds is 3. The summed E-state index contributed by atoms with van der Waals surface area (Å²) in [6.07, 6.45) is 3.45. The van der Waals surface area contributed by atoms with Gasteiger partial charge in [0.15, 0.2) is 0 Å². The van der Waals surface area contributed by atoms with Gasteiger partial charge in [-0.25, -0.2) is 0 Å². The van der Waals surface area contributed by atoms with E-state index in [0.717, 1.165) is 19.3 Å². The molecule has 1 saturated carbocycles. The number of pyridine rings is 1. The quantitative estimate of drug-likeness (QED) is 0.660. The maximum absolute atomic E-state index is 13.5. The number of halogens is 4. The molecule has 1 aromatic rings. The number of aliphatic hydroxyl groups is 1. The van der Waals surface area contributed by atoms with Crippen LogP contribution in [-0.4, -0.2) is 22.2 Å². The van der Waals surface area contributed by atoms with E-state index in [1.54, 1.807) is 0 Å². The molecule has 3 nitrogen and oxygen atoms in total. The van der Waals surface area contributed by atoms with Crippen molar-refractivity contribution in [3.8, 4) is 0 Å². The van der Waals surface area contributed by atoms with Crippen molar-refractivity contribution in [3.05, 3.63) is 23.5 Å². The fourth-order valence-electron chi connectivity index (χ4n) is 2.41. The van der Waals surface area contributed by atoms with Gasteiger partial charge in [-0.1, -0.05) is 19.3 Å². The molecular weight excluding hydrogens is 264 g/mol. The molecule has 1 fully saturated rings. The minimum Gasteiger partial charge on any atom is -0.394 e. The van der Waals surface area contributed by atoms with Gasteiger partial charge in [0.1, 0.15) is 5.69 Å². The summed E-state index contributed by atoms with van der Waals surface area (Å²) in [5.74, 6) is -6.55. The SMILES string of the molecule is OCC1(Nc2c(F)c(F)nc(F)c2F)CCCCC1. The molecule has 0 amide bonds. The highest BCUT2D eigenvalue weighted by atomic mass is 19.2. The Morgan fingerprint density at radius 1 is 1.00 bits per heavy atom. The third-order valence-electron chi connectivity index (χ3n) is 3.50. The maximum Gasteiger partial charge on any atom is 0.253 e.